The zero-order chi connectivity index (χ0) is 10.1. The van der Waals surface area contributed by atoms with E-state index in [1.807, 2.05) is 11.3 Å². The molecule has 1 nitrogen and oxygen atoms in total. The smallest absolute Gasteiger partial charge is 0.0568 e. The minimum atomic E-state index is -0.0663. The molecule has 1 aliphatic carbocycles. The van der Waals surface area contributed by atoms with E-state index in [2.05, 4.69) is 34.3 Å². The van der Waals surface area contributed by atoms with Crippen LogP contribution in [0.15, 0.2) is 15.9 Å². The van der Waals surface area contributed by atoms with Crippen molar-refractivity contribution in [1.82, 2.24) is 0 Å². The Morgan fingerprint density at radius 1 is 1.57 bits per heavy atom. The van der Waals surface area contributed by atoms with Gasteiger partial charge in [0.15, 0.2) is 0 Å². The summed E-state index contributed by atoms with van der Waals surface area (Å²) < 4.78 is 1.18. The maximum absolute atomic E-state index is 9.65. The summed E-state index contributed by atoms with van der Waals surface area (Å²) in [5.74, 6) is 1.14. The second kappa shape index (κ2) is 4.33. The van der Waals surface area contributed by atoms with Crippen molar-refractivity contribution in [3.05, 3.63) is 20.8 Å². The van der Waals surface area contributed by atoms with Gasteiger partial charge < -0.3 is 5.11 Å². The Balaban J connectivity index is 1.98. The molecular weight excluding hydrogens is 260 g/mol. The molecule has 14 heavy (non-hydrogen) atoms. The van der Waals surface area contributed by atoms with Crippen LogP contribution in [0.3, 0.4) is 0 Å². The Hall–Kier alpha value is 0.140. The second-order valence-corrected chi connectivity index (χ2v) is 6.11. The van der Waals surface area contributed by atoms with Crippen LogP contribution in [0, 0.1) is 11.8 Å². The highest BCUT2D eigenvalue weighted by Crippen LogP contribution is 2.35. The standard InChI is InChI=1S/C11H15BrOS/c1-7-8(2-3-11(7)13)4-10-5-9(12)6-14-10/h5-8,11,13H,2-4H2,1H3. The average Bonchev–Trinajstić information content (AvgIpc) is 2.67. The second-order valence-electron chi connectivity index (χ2n) is 4.20. The van der Waals surface area contributed by atoms with Crippen LogP contribution in [0.4, 0.5) is 0 Å². The van der Waals surface area contributed by atoms with Gasteiger partial charge in [-0.3, -0.25) is 0 Å². The van der Waals surface area contributed by atoms with Gasteiger partial charge in [0.1, 0.15) is 0 Å². The van der Waals surface area contributed by atoms with Gasteiger partial charge >= 0.3 is 0 Å². The normalized spacial score (nSPS) is 32.4. The van der Waals surface area contributed by atoms with E-state index in [1.54, 1.807) is 0 Å². The van der Waals surface area contributed by atoms with Crippen molar-refractivity contribution in [2.24, 2.45) is 11.8 Å². The molecule has 1 fully saturated rings. The number of aliphatic hydroxyl groups is 1. The zero-order valence-electron chi connectivity index (χ0n) is 8.24. The van der Waals surface area contributed by atoms with Crippen LogP contribution >= 0.6 is 27.3 Å². The lowest BCUT2D eigenvalue weighted by Crippen LogP contribution is -2.16. The third-order valence-corrected chi connectivity index (χ3v) is 4.99. The Morgan fingerprint density at radius 3 is 2.86 bits per heavy atom. The molecule has 0 bridgehead atoms. The van der Waals surface area contributed by atoms with Crippen LogP contribution in [-0.2, 0) is 6.42 Å². The summed E-state index contributed by atoms with van der Waals surface area (Å²) in [5, 5.41) is 11.8. The first-order valence-electron chi connectivity index (χ1n) is 5.08. The number of aliphatic hydroxyl groups excluding tert-OH is 1. The number of halogens is 1. The van der Waals surface area contributed by atoms with E-state index in [-0.39, 0.29) is 6.10 Å². The van der Waals surface area contributed by atoms with E-state index >= 15 is 0 Å². The minimum Gasteiger partial charge on any atom is -0.393 e. The monoisotopic (exact) mass is 274 g/mol. The summed E-state index contributed by atoms with van der Waals surface area (Å²) in [6.07, 6.45) is 3.23. The summed E-state index contributed by atoms with van der Waals surface area (Å²) in [6.45, 7) is 2.17. The van der Waals surface area contributed by atoms with Crippen molar-refractivity contribution in [1.29, 1.82) is 0 Å². The SMILES string of the molecule is CC1C(O)CCC1Cc1cc(Br)cs1. The molecule has 0 aromatic carbocycles. The molecule has 0 spiro atoms. The van der Waals surface area contributed by atoms with Crippen LogP contribution in [0.1, 0.15) is 24.6 Å². The fraction of sp³-hybridized carbons (Fsp3) is 0.636. The molecule has 1 aromatic rings. The van der Waals surface area contributed by atoms with Crippen molar-refractivity contribution in [2.75, 3.05) is 0 Å². The molecule has 0 amide bonds. The number of rotatable bonds is 2. The van der Waals surface area contributed by atoms with Gasteiger partial charge in [0.25, 0.3) is 0 Å². The van der Waals surface area contributed by atoms with Gasteiger partial charge in [-0.15, -0.1) is 11.3 Å². The van der Waals surface area contributed by atoms with Gasteiger partial charge in [-0.25, -0.2) is 0 Å². The Bertz CT molecular complexity index is 310. The first kappa shape index (κ1) is 10.7. The van der Waals surface area contributed by atoms with Gasteiger partial charge in [-0.2, -0.15) is 0 Å². The predicted octanol–water partition coefficient (Wildman–Crippen LogP) is 3.46. The molecule has 1 aliphatic rings. The first-order valence-corrected chi connectivity index (χ1v) is 6.75. The van der Waals surface area contributed by atoms with Crippen LogP contribution in [0.25, 0.3) is 0 Å². The summed E-state index contributed by atoms with van der Waals surface area (Å²) >= 11 is 5.28. The van der Waals surface area contributed by atoms with Crippen molar-refractivity contribution in [2.45, 2.75) is 32.3 Å². The highest BCUT2D eigenvalue weighted by atomic mass is 79.9. The van der Waals surface area contributed by atoms with Gasteiger partial charge in [0.05, 0.1) is 6.10 Å². The van der Waals surface area contributed by atoms with E-state index in [1.165, 1.54) is 15.8 Å². The van der Waals surface area contributed by atoms with Crippen molar-refractivity contribution >= 4 is 27.3 Å². The van der Waals surface area contributed by atoms with Gasteiger partial charge in [0.2, 0.25) is 0 Å². The van der Waals surface area contributed by atoms with Crippen LogP contribution in [-0.4, -0.2) is 11.2 Å². The minimum absolute atomic E-state index is 0.0663. The molecule has 1 saturated carbocycles. The lowest BCUT2D eigenvalue weighted by molar-refractivity contribution is 0.127. The van der Waals surface area contributed by atoms with E-state index < -0.39 is 0 Å². The van der Waals surface area contributed by atoms with Crippen molar-refractivity contribution < 1.29 is 5.11 Å². The van der Waals surface area contributed by atoms with Gasteiger partial charge in [0, 0.05) is 14.7 Å². The molecule has 0 aliphatic heterocycles. The highest BCUT2D eigenvalue weighted by Gasteiger charge is 2.31. The molecule has 3 heteroatoms. The molecule has 3 atom stereocenters. The average molecular weight is 275 g/mol. The highest BCUT2D eigenvalue weighted by molar-refractivity contribution is 9.10. The van der Waals surface area contributed by atoms with Crippen LogP contribution in [0.5, 0.6) is 0 Å². The largest absolute Gasteiger partial charge is 0.393 e. The quantitative estimate of drug-likeness (QED) is 0.876. The number of thiophene rings is 1. The van der Waals surface area contributed by atoms with E-state index in [4.69, 9.17) is 0 Å². The summed E-state index contributed by atoms with van der Waals surface area (Å²) in [6, 6.07) is 2.20. The lowest BCUT2D eigenvalue weighted by atomic mass is 9.93. The molecule has 0 saturated heterocycles. The molecule has 3 unspecified atom stereocenters. The van der Waals surface area contributed by atoms with Crippen molar-refractivity contribution in [3.8, 4) is 0 Å². The van der Waals surface area contributed by atoms with Crippen molar-refractivity contribution in [3.63, 3.8) is 0 Å². The number of hydrogen-bond donors (Lipinski definition) is 1. The van der Waals surface area contributed by atoms with Crippen LogP contribution < -0.4 is 0 Å². The zero-order valence-corrected chi connectivity index (χ0v) is 10.6. The topological polar surface area (TPSA) is 20.2 Å². The number of hydrogen-bond acceptors (Lipinski definition) is 2. The fourth-order valence-electron chi connectivity index (χ4n) is 2.23. The predicted molar refractivity (Wildman–Crippen MR) is 63.6 cm³/mol. The molecule has 2 rings (SSSR count). The van der Waals surface area contributed by atoms with Crippen LogP contribution in [0.2, 0.25) is 0 Å². The van der Waals surface area contributed by atoms with E-state index in [0.29, 0.717) is 11.8 Å². The fourth-order valence-corrected chi connectivity index (χ4v) is 3.78. The molecule has 1 N–H and O–H groups in total. The lowest BCUT2D eigenvalue weighted by Gasteiger charge is -2.16. The first-order chi connectivity index (χ1) is 6.66. The third kappa shape index (κ3) is 2.20. The molecular formula is C11H15BrOS. The summed E-state index contributed by atoms with van der Waals surface area (Å²) in [7, 11) is 0. The van der Waals surface area contributed by atoms with E-state index in [9.17, 15) is 5.11 Å². The molecule has 0 radical (unpaired) electrons. The summed E-state index contributed by atoms with van der Waals surface area (Å²) in [4.78, 5) is 1.43. The van der Waals surface area contributed by atoms with Gasteiger partial charge in [-0.1, -0.05) is 6.92 Å². The maximum atomic E-state index is 9.65. The Labute approximate surface area is 97.3 Å². The Morgan fingerprint density at radius 2 is 2.36 bits per heavy atom. The molecule has 1 aromatic heterocycles. The summed E-state index contributed by atoms with van der Waals surface area (Å²) in [5.41, 5.74) is 0. The molecule has 1 heterocycles. The van der Waals surface area contributed by atoms with Gasteiger partial charge in [-0.05, 0) is 53.1 Å². The third-order valence-electron chi connectivity index (χ3n) is 3.27. The van der Waals surface area contributed by atoms with E-state index in [0.717, 1.165) is 12.8 Å². The Kier molecular flexibility index (Phi) is 3.30. The maximum Gasteiger partial charge on any atom is 0.0568 e. The molecule has 78 valence electrons.